The second kappa shape index (κ2) is 13.2. The molecule has 0 aliphatic carbocycles. The van der Waals surface area contributed by atoms with Crippen molar-refractivity contribution >= 4 is 11.9 Å². The standard InChI is InChI=1S/C18H36N2O4/c1-15(2)13-19(9-5-7-17(21)22)11-12-20(14-16(3)4)10-6-8-18(23)24/h15-16H,5-14H2,1-4H3,(H,21,22)(H,23,24). The van der Waals surface area contributed by atoms with Crippen molar-refractivity contribution in [3.63, 3.8) is 0 Å². The van der Waals surface area contributed by atoms with Gasteiger partial charge in [0.1, 0.15) is 0 Å². The van der Waals surface area contributed by atoms with Gasteiger partial charge >= 0.3 is 11.9 Å². The van der Waals surface area contributed by atoms with E-state index in [-0.39, 0.29) is 12.8 Å². The molecule has 2 N–H and O–H groups in total. The SMILES string of the molecule is CC(C)CN(CCCC(=O)O)CCN(CCCC(=O)O)CC(C)C. The highest BCUT2D eigenvalue weighted by Gasteiger charge is 2.13. The van der Waals surface area contributed by atoms with E-state index in [2.05, 4.69) is 37.5 Å². The lowest BCUT2D eigenvalue weighted by Crippen LogP contribution is -2.39. The molecule has 0 aromatic heterocycles. The van der Waals surface area contributed by atoms with E-state index in [1.807, 2.05) is 0 Å². The number of aliphatic carboxylic acids is 2. The molecule has 0 aromatic rings. The van der Waals surface area contributed by atoms with Gasteiger partial charge in [0.2, 0.25) is 0 Å². The molecule has 0 fully saturated rings. The summed E-state index contributed by atoms with van der Waals surface area (Å²) in [5.41, 5.74) is 0. The second-order valence-electron chi connectivity index (χ2n) is 7.38. The van der Waals surface area contributed by atoms with E-state index in [0.717, 1.165) is 39.3 Å². The first-order valence-electron chi connectivity index (χ1n) is 9.09. The highest BCUT2D eigenvalue weighted by molar-refractivity contribution is 5.66. The zero-order chi connectivity index (χ0) is 18.5. The molecule has 0 atom stereocenters. The van der Waals surface area contributed by atoms with Crippen LogP contribution in [-0.2, 0) is 9.59 Å². The van der Waals surface area contributed by atoms with E-state index in [1.165, 1.54) is 0 Å². The number of carbonyl (C=O) groups is 2. The molecule has 6 heteroatoms. The molecule has 0 amide bonds. The third-order valence-corrected chi connectivity index (χ3v) is 3.71. The third kappa shape index (κ3) is 14.5. The fourth-order valence-electron chi connectivity index (χ4n) is 2.81. The van der Waals surface area contributed by atoms with Crippen LogP contribution in [0.5, 0.6) is 0 Å². The number of rotatable bonds is 15. The third-order valence-electron chi connectivity index (χ3n) is 3.71. The lowest BCUT2D eigenvalue weighted by atomic mass is 10.1. The first-order valence-corrected chi connectivity index (χ1v) is 9.09. The zero-order valence-corrected chi connectivity index (χ0v) is 15.8. The normalized spacial score (nSPS) is 11.8. The Balaban J connectivity index is 4.40. The summed E-state index contributed by atoms with van der Waals surface area (Å²) in [4.78, 5) is 26.0. The smallest absolute Gasteiger partial charge is 0.303 e. The zero-order valence-electron chi connectivity index (χ0n) is 15.8. The summed E-state index contributed by atoms with van der Waals surface area (Å²) in [5, 5.41) is 17.6. The van der Waals surface area contributed by atoms with Crippen LogP contribution in [0.2, 0.25) is 0 Å². The van der Waals surface area contributed by atoms with Crippen LogP contribution in [0.4, 0.5) is 0 Å². The van der Waals surface area contributed by atoms with E-state index < -0.39 is 11.9 Å². The first kappa shape index (κ1) is 22.9. The van der Waals surface area contributed by atoms with Crippen molar-refractivity contribution in [1.29, 1.82) is 0 Å². The fraction of sp³-hybridized carbons (Fsp3) is 0.889. The Hall–Kier alpha value is -1.14. The van der Waals surface area contributed by atoms with Gasteiger partial charge in [-0.3, -0.25) is 9.59 Å². The van der Waals surface area contributed by atoms with Gasteiger partial charge in [0.25, 0.3) is 0 Å². The van der Waals surface area contributed by atoms with Crippen molar-refractivity contribution in [3.05, 3.63) is 0 Å². The Morgan fingerprint density at radius 3 is 1.29 bits per heavy atom. The number of hydrogen-bond donors (Lipinski definition) is 2. The van der Waals surface area contributed by atoms with Crippen molar-refractivity contribution < 1.29 is 19.8 Å². The van der Waals surface area contributed by atoms with Crippen LogP contribution in [0.3, 0.4) is 0 Å². The maximum absolute atomic E-state index is 10.7. The van der Waals surface area contributed by atoms with Gasteiger partial charge in [-0.1, -0.05) is 27.7 Å². The molecule has 0 radical (unpaired) electrons. The Labute approximate surface area is 146 Å². The van der Waals surface area contributed by atoms with E-state index >= 15 is 0 Å². The number of nitrogens with zero attached hydrogens (tertiary/aromatic N) is 2. The average molecular weight is 344 g/mol. The van der Waals surface area contributed by atoms with Crippen LogP contribution in [0.15, 0.2) is 0 Å². The quantitative estimate of drug-likeness (QED) is 0.475. The molecule has 6 nitrogen and oxygen atoms in total. The molecule has 0 rings (SSSR count). The first-order chi connectivity index (χ1) is 11.2. The van der Waals surface area contributed by atoms with Crippen LogP contribution in [0.25, 0.3) is 0 Å². The molecule has 0 aliphatic rings. The summed E-state index contributed by atoms with van der Waals surface area (Å²) in [5.74, 6) is -0.398. The number of hydrogen-bond acceptors (Lipinski definition) is 4. The molecule has 0 heterocycles. The Kier molecular flexibility index (Phi) is 12.6. The minimum atomic E-state index is -0.741. The Morgan fingerprint density at radius 1 is 0.708 bits per heavy atom. The molecule has 0 unspecified atom stereocenters. The van der Waals surface area contributed by atoms with Gasteiger partial charge in [-0.2, -0.15) is 0 Å². The maximum Gasteiger partial charge on any atom is 0.303 e. The van der Waals surface area contributed by atoms with Crippen molar-refractivity contribution in [1.82, 2.24) is 9.80 Å². The molecule has 142 valence electrons. The molecule has 0 saturated carbocycles. The fourth-order valence-corrected chi connectivity index (χ4v) is 2.81. The van der Waals surface area contributed by atoms with Gasteiger partial charge in [-0.05, 0) is 37.8 Å². The van der Waals surface area contributed by atoms with Gasteiger partial charge in [-0.15, -0.1) is 0 Å². The second-order valence-corrected chi connectivity index (χ2v) is 7.38. The van der Waals surface area contributed by atoms with Crippen LogP contribution in [0, 0.1) is 11.8 Å². The highest BCUT2D eigenvalue weighted by atomic mass is 16.4. The monoisotopic (exact) mass is 344 g/mol. The van der Waals surface area contributed by atoms with Gasteiger partial charge in [0.15, 0.2) is 0 Å². The van der Waals surface area contributed by atoms with E-state index in [9.17, 15) is 9.59 Å². The van der Waals surface area contributed by atoms with Crippen molar-refractivity contribution in [2.24, 2.45) is 11.8 Å². The molecular weight excluding hydrogens is 308 g/mol. The van der Waals surface area contributed by atoms with Crippen molar-refractivity contribution in [3.8, 4) is 0 Å². The summed E-state index contributed by atoms with van der Waals surface area (Å²) in [7, 11) is 0. The predicted molar refractivity (Wildman–Crippen MR) is 96.3 cm³/mol. The van der Waals surface area contributed by atoms with Crippen LogP contribution in [-0.4, -0.2) is 71.2 Å². The lowest BCUT2D eigenvalue weighted by molar-refractivity contribution is -0.138. The predicted octanol–water partition coefficient (Wildman–Crippen LogP) is 2.63. The average Bonchev–Trinajstić information content (AvgIpc) is 2.42. The van der Waals surface area contributed by atoms with E-state index in [0.29, 0.717) is 24.7 Å². The van der Waals surface area contributed by atoms with Crippen LogP contribution in [0.1, 0.15) is 53.4 Å². The molecule has 0 bridgehead atoms. The van der Waals surface area contributed by atoms with Gasteiger partial charge in [-0.25, -0.2) is 0 Å². The largest absolute Gasteiger partial charge is 0.481 e. The molecule has 0 aliphatic heterocycles. The molecule has 0 saturated heterocycles. The molecule has 0 spiro atoms. The molecule has 24 heavy (non-hydrogen) atoms. The minimum Gasteiger partial charge on any atom is -0.481 e. The topological polar surface area (TPSA) is 81.1 Å². The van der Waals surface area contributed by atoms with Crippen molar-refractivity contribution in [2.75, 3.05) is 39.3 Å². The van der Waals surface area contributed by atoms with Gasteiger partial charge in [0, 0.05) is 39.0 Å². The van der Waals surface area contributed by atoms with E-state index in [1.54, 1.807) is 0 Å². The maximum atomic E-state index is 10.7. The molecular formula is C18H36N2O4. The number of carboxylic acid groups (broad SMARTS) is 2. The van der Waals surface area contributed by atoms with Crippen LogP contribution >= 0.6 is 0 Å². The van der Waals surface area contributed by atoms with E-state index in [4.69, 9.17) is 10.2 Å². The molecule has 0 aromatic carbocycles. The highest BCUT2D eigenvalue weighted by Crippen LogP contribution is 2.06. The summed E-state index contributed by atoms with van der Waals surface area (Å²) >= 11 is 0. The Bertz CT molecular complexity index is 325. The number of carboxylic acids is 2. The lowest BCUT2D eigenvalue weighted by Gasteiger charge is -2.29. The van der Waals surface area contributed by atoms with Crippen molar-refractivity contribution in [2.45, 2.75) is 53.4 Å². The summed E-state index contributed by atoms with van der Waals surface area (Å²) in [6.45, 7) is 14.0. The van der Waals surface area contributed by atoms with Crippen LogP contribution < -0.4 is 0 Å². The minimum absolute atomic E-state index is 0.211. The Morgan fingerprint density at radius 2 is 1.04 bits per heavy atom. The summed E-state index contributed by atoms with van der Waals surface area (Å²) in [6.07, 6.45) is 1.77. The van der Waals surface area contributed by atoms with Gasteiger partial charge in [0.05, 0.1) is 0 Å². The summed E-state index contributed by atoms with van der Waals surface area (Å²) < 4.78 is 0. The van der Waals surface area contributed by atoms with Gasteiger partial charge < -0.3 is 20.0 Å². The summed E-state index contributed by atoms with van der Waals surface area (Å²) in [6, 6.07) is 0.